The summed E-state index contributed by atoms with van der Waals surface area (Å²) in [6, 6.07) is 14.1. The maximum absolute atomic E-state index is 13.8. The van der Waals surface area contributed by atoms with Gasteiger partial charge in [-0.15, -0.1) is 11.3 Å². The summed E-state index contributed by atoms with van der Waals surface area (Å²) in [5.74, 6) is -0.465. The first-order chi connectivity index (χ1) is 13.2. The van der Waals surface area contributed by atoms with Gasteiger partial charge in [0, 0.05) is 18.3 Å². The molecule has 1 aliphatic heterocycles. The Morgan fingerprint density at radius 2 is 2.00 bits per heavy atom. The Bertz CT molecular complexity index is 972. The molecule has 0 bridgehead atoms. The van der Waals surface area contributed by atoms with Gasteiger partial charge < -0.3 is 10.0 Å². The largest absolute Gasteiger partial charge is 0.394 e. The molecule has 4 rings (SSSR count). The highest BCUT2D eigenvalue weighted by molar-refractivity contribution is 7.09. The monoisotopic (exact) mass is 382 g/mol. The maximum Gasteiger partial charge on any atom is 0.273 e. The summed E-state index contributed by atoms with van der Waals surface area (Å²) in [5.41, 5.74) is 3.07. The first-order valence-electron chi connectivity index (χ1n) is 8.85. The Hall–Kier alpha value is -2.57. The molecule has 0 saturated carbocycles. The smallest absolute Gasteiger partial charge is 0.273 e. The van der Waals surface area contributed by atoms with E-state index in [4.69, 9.17) is 0 Å². The van der Waals surface area contributed by atoms with Crippen LogP contribution in [0.1, 0.15) is 38.2 Å². The zero-order valence-electron chi connectivity index (χ0n) is 14.6. The summed E-state index contributed by atoms with van der Waals surface area (Å²) in [6.07, 6.45) is 1.11. The summed E-state index contributed by atoms with van der Waals surface area (Å²) in [7, 11) is 0. The molecule has 1 aliphatic rings. The third-order valence-electron chi connectivity index (χ3n) is 4.92. The van der Waals surface area contributed by atoms with Gasteiger partial charge in [-0.1, -0.05) is 42.5 Å². The second-order valence-electron chi connectivity index (χ2n) is 6.54. The molecule has 6 heteroatoms. The van der Waals surface area contributed by atoms with Crippen LogP contribution in [0.15, 0.2) is 53.9 Å². The van der Waals surface area contributed by atoms with Crippen LogP contribution < -0.4 is 0 Å². The normalized spacial score (nSPS) is 16.2. The summed E-state index contributed by atoms with van der Waals surface area (Å²) in [6.45, 7) is 0.413. The number of rotatable bonds is 4. The second kappa shape index (κ2) is 7.58. The number of amides is 1. The number of hydrogen-bond donors (Lipinski definition) is 1. The molecule has 2 aromatic carbocycles. The number of aromatic nitrogens is 1. The van der Waals surface area contributed by atoms with Crippen LogP contribution in [0.4, 0.5) is 4.39 Å². The van der Waals surface area contributed by atoms with E-state index in [0.717, 1.165) is 12.0 Å². The summed E-state index contributed by atoms with van der Waals surface area (Å²) in [4.78, 5) is 19.1. The number of carbonyl (C=O) groups excluding carboxylic acids is 1. The number of carbonyl (C=O) groups is 1. The van der Waals surface area contributed by atoms with E-state index in [9.17, 15) is 14.3 Å². The molecule has 1 aromatic heterocycles. The summed E-state index contributed by atoms with van der Waals surface area (Å²) >= 11 is 1.35. The number of thiazole rings is 1. The number of aliphatic hydroxyl groups is 1. The summed E-state index contributed by atoms with van der Waals surface area (Å²) < 4.78 is 13.8. The number of nitrogens with zero attached hydrogens (tertiary/aromatic N) is 2. The van der Waals surface area contributed by atoms with Crippen molar-refractivity contribution in [2.75, 3.05) is 13.2 Å². The molecule has 1 N–H and O–H groups in total. The van der Waals surface area contributed by atoms with E-state index in [1.807, 2.05) is 24.3 Å². The number of aliphatic hydroxyl groups excluding tert-OH is 1. The van der Waals surface area contributed by atoms with Crippen LogP contribution in [0.5, 0.6) is 0 Å². The zero-order valence-corrected chi connectivity index (χ0v) is 15.5. The van der Waals surface area contributed by atoms with Crippen molar-refractivity contribution in [3.05, 3.63) is 87.1 Å². The van der Waals surface area contributed by atoms with Crippen molar-refractivity contribution < 1.29 is 14.3 Å². The molecule has 3 aromatic rings. The van der Waals surface area contributed by atoms with Gasteiger partial charge in [0.1, 0.15) is 11.5 Å². The van der Waals surface area contributed by atoms with Crippen molar-refractivity contribution >= 4 is 17.2 Å². The predicted molar refractivity (Wildman–Crippen MR) is 102 cm³/mol. The van der Waals surface area contributed by atoms with E-state index in [1.54, 1.807) is 28.5 Å². The minimum absolute atomic E-state index is 0.130. The Morgan fingerprint density at radius 3 is 2.81 bits per heavy atom. The van der Waals surface area contributed by atoms with Crippen molar-refractivity contribution in [1.82, 2.24) is 9.88 Å². The maximum atomic E-state index is 13.8. The SMILES string of the molecule is O=C(c1csc(Cc2ccccc2F)n1)N1CCc2ccccc2[C@@H]1CO. The van der Waals surface area contributed by atoms with Crippen LogP contribution in [0.2, 0.25) is 0 Å². The fourth-order valence-electron chi connectivity index (χ4n) is 3.53. The Kier molecular flexibility index (Phi) is 5.01. The highest BCUT2D eigenvalue weighted by Gasteiger charge is 2.31. The molecule has 0 aliphatic carbocycles. The lowest BCUT2D eigenvalue weighted by Crippen LogP contribution is -2.41. The van der Waals surface area contributed by atoms with Crippen molar-refractivity contribution in [2.24, 2.45) is 0 Å². The fourth-order valence-corrected chi connectivity index (χ4v) is 4.32. The number of halogens is 1. The second-order valence-corrected chi connectivity index (χ2v) is 7.48. The number of fused-ring (bicyclic) bond motifs is 1. The molecule has 2 heterocycles. The Labute approximate surface area is 160 Å². The molecule has 4 nitrogen and oxygen atoms in total. The summed E-state index contributed by atoms with van der Waals surface area (Å²) in [5, 5.41) is 12.3. The standard InChI is InChI=1S/C21H19FN2O2S/c22-17-8-4-2-6-15(17)11-20-23-18(13-27-20)21(26)24-10-9-14-5-1-3-7-16(14)19(24)12-25/h1-8,13,19,25H,9-12H2/t19-/m0/s1. The Balaban J connectivity index is 1.55. The first-order valence-corrected chi connectivity index (χ1v) is 9.73. The van der Waals surface area contributed by atoms with E-state index in [2.05, 4.69) is 4.98 Å². The van der Waals surface area contributed by atoms with Gasteiger partial charge in [0.05, 0.1) is 17.7 Å². The van der Waals surface area contributed by atoms with Crippen LogP contribution >= 0.6 is 11.3 Å². The van der Waals surface area contributed by atoms with Crippen molar-refractivity contribution in [3.8, 4) is 0 Å². The number of benzene rings is 2. The molecule has 0 unspecified atom stereocenters. The first kappa shape index (κ1) is 17.8. The number of hydrogen-bond acceptors (Lipinski definition) is 4. The lowest BCUT2D eigenvalue weighted by molar-refractivity contribution is 0.0563. The molecule has 0 saturated heterocycles. The third kappa shape index (κ3) is 3.50. The van der Waals surface area contributed by atoms with Crippen molar-refractivity contribution in [2.45, 2.75) is 18.9 Å². The topological polar surface area (TPSA) is 53.4 Å². The van der Waals surface area contributed by atoms with Gasteiger partial charge in [0.15, 0.2) is 0 Å². The lowest BCUT2D eigenvalue weighted by Gasteiger charge is -2.36. The predicted octanol–water partition coefficient (Wildman–Crippen LogP) is 3.60. The molecular weight excluding hydrogens is 363 g/mol. The molecular formula is C21H19FN2O2S. The van der Waals surface area contributed by atoms with Gasteiger partial charge in [0.2, 0.25) is 0 Å². The molecule has 0 fully saturated rings. The highest BCUT2D eigenvalue weighted by atomic mass is 32.1. The average Bonchev–Trinajstić information content (AvgIpc) is 3.17. The van der Waals surface area contributed by atoms with Gasteiger partial charge in [-0.05, 0) is 29.2 Å². The molecule has 27 heavy (non-hydrogen) atoms. The van der Waals surface area contributed by atoms with Crippen LogP contribution in [0.25, 0.3) is 0 Å². The highest BCUT2D eigenvalue weighted by Crippen LogP contribution is 2.30. The van der Waals surface area contributed by atoms with Crippen molar-refractivity contribution in [3.63, 3.8) is 0 Å². The molecule has 1 amide bonds. The third-order valence-corrected chi connectivity index (χ3v) is 5.77. The van der Waals surface area contributed by atoms with Crippen LogP contribution in [-0.2, 0) is 12.8 Å². The minimum Gasteiger partial charge on any atom is -0.394 e. The fraction of sp³-hybridized carbons (Fsp3) is 0.238. The zero-order chi connectivity index (χ0) is 18.8. The van der Waals surface area contributed by atoms with E-state index in [-0.39, 0.29) is 24.4 Å². The van der Waals surface area contributed by atoms with Gasteiger partial charge >= 0.3 is 0 Å². The van der Waals surface area contributed by atoms with Gasteiger partial charge in [-0.2, -0.15) is 0 Å². The average molecular weight is 382 g/mol. The minimum atomic E-state index is -0.362. The van der Waals surface area contributed by atoms with Crippen LogP contribution in [-0.4, -0.2) is 34.0 Å². The quantitative estimate of drug-likeness (QED) is 0.750. The molecule has 1 atom stereocenters. The van der Waals surface area contributed by atoms with Crippen LogP contribution in [0, 0.1) is 5.82 Å². The van der Waals surface area contributed by atoms with Gasteiger partial charge in [-0.25, -0.2) is 9.37 Å². The van der Waals surface area contributed by atoms with Gasteiger partial charge in [0.25, 0.3) is 5.91 Å². The van der Waals surface area contributed by atoms with E-state index >= 15 is 0 Å². The molecule has 0 radical (unpaired) electrons. The van der Waals surface area contributed by atoms with Crippen molar-refractivity contribution in [1.29, 1.82) is 0 Å². The lowest BCUT2D eigenvalue weighted by atomic mass is 9.93. The van der Waals surface area contributed by atoms with Crippen LogP contribution in [0.3, 0.4) is 0 Å². The molecule has 0 spiro atoms. The Morgan fingerprint density at radius 1 is 1.22 bits per heavy atom. The van der Waals surface area contributed by atoms with Gasteiger partial charge in [-0.3, -0.25) is 4.79 Å². The molecule has 138 valence electrons. The van der Waals surface area contributed by atoms with E-state index < -0.39 is 0 Å². The van der Waals surface area contributed by atoms with E-state index in [1.165, 1.54) is 23.0 Å². The van der Waals surface area contributed by atoms with E-state index in [0.29, 0.717) is 29.2 Å².